The molecule has 1 aliphatic rings. The van der Waals surface area contributed by atoms with Gasteiger partial charge in [0.15, 0.2) is 0 Å². The van der Waals surface area contributed by atoms with E-state index < -0.39 is 17.2 Å². The number of aromatic nitrogens is 1. The Morgan fingerprint density at radius 3 is 2.42 bits per heavy atom. The molecule has 33 heavy (non-hydrogen) atoms. The van der Waals surface area contributed by atoms with E-state index in [0.717, 1.165) is 23.0 Å². The van der Waals surface area contributed by atoms with Gasteiger partial charge in [-0.25, -0.2) is 0 Å². The largest absolute Gasteiger partial charge is 0.506 e. The third-order valence-electron chi connectivity index (χ3n) is 6.49. The zero-order valence-corrected chi connectivity index (χ0v) is 18.8. The van der Waals surface area contributed by atoms with Gasteiger partial charge in [0.05, 0.1) is 16.7 Å². The van der Waals surface area contributed by atoms with Crippen LogP contribution in [0.5, 0.6) is 0 Å². The van der Waals surface area contributed by atoms with Crippen molar-refractivity contribution in [3.8, 4) is 0 Å². The molecule has 0 saturated heterocycles. The molecule has 0 unspecified atom stereocenters. The maximum atomic E-state index is 13.3. The topological polar surface area (TPSA) is 42.2 Å². The second-order valence-electron chi connectivity index (χ2n) is 8.96. The molecule has 1 aromatic heterocycles. The van der Waals surface area contributed by atoms with E-state index in [4.69, 9.17) is 0 Å². The average Bonchev–Trinajstić information content (AvgIpc) is 3.07. The number of carbonyl (C=O) groups excluding carboxylic acids is 1. The molecule has 1 N–H and O–H groups in total. The number of hydrogen-bond donors (Lipinski definition) is 1. The average molecular weight is 451 g/mol. The number of para-hydroxylation sites is 1. The highest BCUT2D eigenvalue weighted by Gasteiger charge is 2.38. The summed E-state index contributed by atoms with van der Waals surface area (Å²) in [5, 5.41) is 11.6. The summed E-state index contributed by atoms with van der Waals surface area (Å²) in [7, 11) is 1.87. The number of benzene rings is 2. The number of aliphatic hydroxyl groups excluding tert-OH is 1. The number of aliphatic hydroxyl groups is 1. The second kappa shape index (κ2) is 7.51. The molecule has 0 spiro atoms. The quantitative estimate of drug-likeness (QED) is 0.443. The summed E-state index contributed by atoms with van der Waals surface area (Å²) in [5.74, 6) is -0.448. The summed E-state index contributed by atoms with van der Waals surface area (Å²) >= 11 is 0. The van der Waals surface area contributed by atoms with Crippen LogP contribution in [0.3, 0.4) is 0 Å². The minimum Gasteiger partial charge on any atom is -0.506 e. The number of carbonyl (C=O) groups is 1. The van der Waals surface area contributed by atoms with Gasteiger partial charge >= 0.3 is 6.18 Å². The Labute approximate surface area is 190 Å². The lowest BCUT2D eigenvalue weighted by Gasteiger charge is -2.30. The van der Waals surface area contributed by atoms with Crippen molar-refractivity contribution < 1.29 is 23.1 Å². The molecule has 1 aliphatic carbocycles. The molecule has 4 rings (SSSR count). The molecule has 0 amide bonds. The first-order valence-electron chi connectivity index (χ1n) is 10.5. The monoisotopic (exact) mass is 451 g/mol. The zero-order chi connectivity index (χ0) is 24.3. The molecule has 0 fully saturated rings. The minimum atomic E-state index is -4.46. The highest BCUT2D eigenvalue weighted by atomic mass is 19.4. The summed E-state index contributed by atoms with van der Waals surface area (Å²) in [6.07, 6.45) is -1.18. The maximum Gasteiger partial charge on any atom is 0.416 e. The molecule has 0 atom stereocenters. The van der Waals surface area contributed by atoms with E-state index in [1.54, 1.807) is 27.0 Å². The number of fused-ring (bicyclic) bond motifs is 1. The third-order valence-corrected chi connectivity index (χ3v) is 6.49. The fourth-order valence-electron chi connectivity index (χ4n) is 4.35. The van der Waals surface area contributed by atoms with E-state index in [0.29, 0.717) is 22.3 Å². The van der Waals surface area contributed by atoms with Gasteiger partial charge in [0.1, 0.15) is 5.76 Å². The van der Waals surface area contributed by atoms with E-state index in [2.05, 4.69) is 6.58 Å². The summed E-state index contributed by atoms with van der Waals surface area (Å²) in [6.45, 7) is 9.28. The normalized spacial score (nSPS) is 16.0. The van der Waals surface area contributed by atoms with E-state index in [9.17, 15) is 23.1 Å². The summed E-state index contributed by atoms with van der Waals surface area (Å²) in [4.78, 5) is 13.0. The maximum absolute atomic E-state index is 13.3. The minimum absolute atomic E-state index is 0.112. The van der Waals surface area contributed by atoms with Crippen LogP contribution in [0, 0.1) is 6.92 Å². The molecule has 6 heteroatoms. The Balaban J connectivity index is 1.72. The lowest BCUT2D eigenvalue weighted by molar-refractivity contribution is -0.137. The van der Waals surface area contributed by atoms with Gasteiger partial charge in [0, 0.05) is 35.1 Å². The molecule has 3 aromatic rings. The van der Waals surface area contributed by atoms with Crippen molar-refractivity contribution in [2.75, 3.05) is 0 Å². The molecule has 1 heterocycles. The SMILES string of the molecule is C=C(/C=C1\C(=O)C(c2cn(C)c3ccccc23)=C1O)C(C)(C)c1cc(C(F)(F)F)ccc1C. The molecule has 170 valence electrons. The highest BCUT2D eigenvalue weighted by molar-refractivity contribution is 6.40. The van der Waals surface area contributed by atoms with Crippen molar-refractivity contribution >= 4 is 22.3 Å². The standard InChI is InChI=1S/C27H24F3NO2/c1-15-10-11-17(27(28,29)30)13-21(15)26(3,4)16(2)12-19-24(32)23(25(19)33)20-14-31(5)22-9-7-6-8-18(20)22/h6-14,32H,2H2,1,3-5H3/b19-12-. The van der Waals surface area contributed by atoms with Gasteiger partial charge in [0.2, 0.25) is 5.78 Å². The number of halogens is 3. The first-order chi connectivity index (χ1) is 15.3. The van der Waals surface area contributed by atoms with Crippen LogP contribution >= 0.6 is 0 Å². The smallest absolute Gasteiger partial charge is 0.416 e. The number of nitrogens with zero attached hydrogens (tertiary/aromatic N) is 1. The molecular formula is C27H24F3NO2. The number of aryl methyl sites for hydroxylation is 2. The number of allylic oxidation sites excluding steroid dienone is 4. The van der Waals surface area contributed by atoms with Gasteiger partial charge in [0.25, 0.3) is 0 Å². The van der Waals surface area contributed by atoms with Crippen LogP contribution in [0.1, 0.15) is 36.1 Å². The van der Waals surface area contributed by atoms with Crippen LogP contribution in [-0.4, -0.2) is 15.5 Å². The van der Waals surface area contributed by atoms with Gasteiger partial charge in [-0.05, 0) is 47.9 Å². The van der Waals surface area contributed by atoms with Crippen molar-refractivity contribution in [1.29, 1.82) is 0 Å². The van der Waals surface area contributed by atoms with Crippen molar-refractivity contribution in [1.82, 2.24) is 4.57 Å². The van der Waals surface area contributed by atoms with Gasteiger partial charge < -0.3 is 9.67 Å². The number of Topliss-reactive ketones (excluding diaryl/α,β-unsaturated/α-hetero) is 1. The fraction of sp³-hybridized carbons (Fsp3) is 0.222. The van der Waals surface area contributed by atoms with Gasteiger partial charge in [-0.15, -0.1) is 0 Å². The first-order valence-corrected chi connectivity index (χ1v) is 10.5. The van der Waals surface area contributed by atoms with Crippen molar-refractivity contribution in [2.45, 2.75) is 32.4 Å². The molecule has 3 nitrogen and oxygen atoms in total. The Bertz CT molecular complexity index is 1380. The number of hydrogen-bond acceptors (Lipinski definition) is 2. The van der Waals surface area contributed by atoms with Crippen molar-refractivity contribution in [3.63, 3.8) is 0 Å². The predicted octanol–water partition coefficient (Wildman–Crippen LogP) is 6.82. The summed E-state index contributed by atoms with van der Waals surface area (Å²) in [5.41, 5.74) is 1.87. The van der Waals surface area contributed by atoms with Crippen molar-refractivity contribution in [3.05, 3.63) is 100 Å². The lowest BCUT2D eigenvalue weighted by Crippen LogP contribution is -2.25. The molecule has 0 aliphatic heterocycles. The molecule has 2 aromatic carbocycles. The molecule has 0 radical (unpaired) electrons. The van der Waals surface area contributed by atoms with Crippen LogP contribution in [0.25, 0.3) is 16.5 Å². The van der Waals surface area contributed by atoms with Crippen LogP contribution in [0.2, 0.25) is 0 Å². The van der Waals surface area contributed by atoms with Crippen LogP contribution in [0.15, 0.2) is 78.2 Å². The Kier molecular flexibility index (Phi) is 5.15. The predicted molar refractivity (Wildman–Crippen MR) is 124 cm³/mol. The van der Waals surface area contributed by atoms with E-state index in [-0.39, 0.29) is 22.7 Å². The van der Waals surface area contributed by atoms with Crippen LogP contribution < -0.4 is 0 Å². The fourth-order valence-corrected chi connectivity index (χ4v) is 4.35. The van der Waals surface area contributed by atoms with Gasteiger partial charge in [-0.3, -0.25) is 4.79 Å². The molecular weight excluding hydrogens is 427 g/mol. The number of alkyl halides is 3. The van der Waals surface area contributed by atoms with E-state index in [1.165, 1.54) is 12.1 Å². The Morgan fingerprint density at radius 2 is 1.79 bits per heavy atom. The van der Waals surface area contributed by atoms with Crippen LogP contribution in [-0.2, 0) is 23.4 Å². The van der Waals surface area contributed by atoms with Gasteiger partial charge in [-0.2, -0.15) is 13.2 Å². The molecule has 0 bridgehead atoms. The first kappa shape index (κ1) is 22.6. The summed E-state index contributed by atoms with van der Waals surface area (Å²) < 4.78 is 41.7. The lowest BCUT2D eigenvalue weighted by atomic mass is 9.73. The van der Waals surface area contributed by atoms with E-state index >= 15 is 0 Å². The Morgan fingerprint density at radius 1 is 1.12 bits per heavy atom. The Hall–Kier alpha value is -3.54. The zero-order valence-electron chi connectivity index (χ0n) is 18.8. The number of ketones is 1. The van der Waals surface area contributed by atoms with Crippen LogP contribution in [0.4, 0.5) is 13.2 Å². The number of rotatable bonds is 4. The summed E-state index contributed by atoms with van der Waals surface area (Å²) in [6, 6.07) is 11.2. The molecule has 0 saturated carbocycles. The van der Waals surface area contributed by atoms with E-state index in [1.807, 2.05) is 35.9 Å². The van der Waals surface area contributed by atoms with Gasteiger partial charge in [-0.1, -0.05) is 44.7 Å². The third kappa shape index (κ3) is 3.59. The highest BCUT2D eigenvalue weighted by Crippen LogP contribution is 2.43. The van der Waals surface area contributed by atoms with Crippen molar-refractivity contribution in [2.24, 2.45) is 7.05 Å². The second-order valence-corrected chi connectivity index (χ2v) is 8.96.